The third-order valence-corrected chi connectivity index (χ3v) is 2.53. The minimum atomic E-state index is -4.81. The van der Waals surface area contributed by atoms with Crippen molar-refractivity contribution in [2.45, 2.75) is 13.3 Å². The molecule has 0 amide bonds. The lowest BCUT2D eigenvalue weighted by atomic mass is 10.0. The van der Waals surface area contributed by atoms with Crippen LogP contribution in [0.15, 0.2) is 30.6 Å². The van der Waals surface area contributed by atoms with Crippen LogP contribution in [0.2, 0.25) is 5.15 Å². The van der Waals surface area contributed by atoms with Crippen LogP contribution < -0.4 is 4.74 Å². The van der Waals surface area contributed by atoms with Crippen molar-refractivity contribution < 1.29 is 17.9 Å². The summed E-state index contributed by atoms with van der Waals surface area (Å²) in [4.78, 5) is 7.41. The van der Waals surface area contributed by atoms with Gasteiger partial charge < -0.3 is 4.74 Å². The van der Waals surface area contributed by atoms with Gasteiger partial charge in [0.05, 0.1) is 0 Å². The van der Waals surface area contributed by atoms with E-state index in [2.05, 4.69) is 14.7 Å². The van der Waals surface area contributed by atoms with Crippen LogP contribution in [0.5, 0.6) is 5.88 Å². The van der Waals surface area contributed by atoms with Gasteiger partial charge in [0.25, 0.3) is 0 Å². The van der Waals surface area contributed by atoms with Gasteiger partial charge in [-0.3, -0.25) is 4.98 Å². The molecule has 0 bridgehead atoms. The average Bonchev–Trinajstić information content (AvgIpc) is 2.26. The molecule has 0 saturated carbocycles. The molecule has 0 radical (unpaired) electrons. The average molecular weight is 289 g/mol. The van der Waals surface area contributed by atoms with Crippen molar-refractivity contribution in [3.05, 3.63) is 41.3 Å². The zero-order chi connectivity index (χ0) is 14.0. The lowest BCUT2D eigenvalue weighted by Crippen LogP contribution is -2.18. The van der Waals surface area contributed by atoms with Crippen molar-refractivity contribution in [2.75, 3.05) is 0 Å². The third kappa shape index (κ3) is 3.57. The van der Waals surface area contributed by atoms with Crippen molar-refractivity contribution >= 4 is 11.6 Å². The van der Waals surface area contributed by atoms with E-state index in [0.29, 0.717) is 11.1 Å². The SMILES string of the molecule is Cc1ccncc1-c1cc(Cl)nc(OC(F)(F)F)c1. The highest BCUT2D eigenvalue weighted by Gasteiger charge is 2.32. The maximum atomic E-state index is 12.2. The summed E-state index contributed by atoms with van der Waals surface area (Å²) in [6.07, 6.45) is -1.67. The molecule has 2 aromatic heterocycles. The van der Waals surface area contributed by atoms with Crippen LogP contribution in [0.3, 0.4) is 0 Å². The van der Waals surface area contributed by atoms with Gasteiger partial charge in [-0.05, 0) is 30.2 Å². The summed E-state index contributed by atoms with van der Waals surface area (Å²) in [6, 6.07) is 4.37. The van der Waals surface area contributed by atoms with Crippen molar-refractivity contribution in [2.24, 2.45) is 0 Å². The molecule has 0 aliphatic heterocycles. The lowest BCUT2D eigenvalue weighted by Gasteiger charge is -2.10. The molecule has 2 rings (SSSR count). The topological polar surface area (TPSA) is 35.0 Å². The van der Waals surface area contributed by atoms with Crippen LogP contribution in [-0.2, 0) is 0 Å². The Morgan fingerprint density at radius 1 is 1.26 bits per heavy atom. The Kier molecular flexibility index (Phi) is 3.61. The lowest BCUT2D eigenvalue weighted by molar-refractivity contribution is -0.276. The Bertz CT molecular complexity index is 602. The number of ether oxygens (including phenoxy) is 1. The molecule has 0 spiro atoms. The Morgan fingerprint density at radius 2 is 2.00 bits per heavy atom. The van der Waals surface area contributed by atoms with Gasteiger partial charge in [-0.1, -0.05) is 11.6 Å². The van der Waals surface area contributed by atoms with Crippen LogP contribution >= 0.6 is 11.6 Å². The molecule has 0 unspecified atom stereocenters. The Balaban J connectivity index is 2.45. The normalized spacial score (nSPS) is 11.4. The fourth-order valence-corrected chi connectivity index (χ4v) is 1.77. The van der Waals surface area contributed by atoms with Crippen molar-refractivity contribution in [1.82, 2.24) is 9.97 Å². The van der Waals surface area contributed by atoms with Crippen LogP contribution in [0, 0.1) is 6.92 Å². The Morgan fingerprint density at radius 3 is 2.63 bits per heavy atom. The molecular formula is C12H8ClF3N2O. The first-order valence-electron chi connectivity index (χ1n) is 5.19. The number of halogens is 4. The summed E-state index contributed by atoms with van der Waals surface area (Å²) < 4.78 is 40.3. The monoisotopic (exact) mass is 288 g/mol. The molecule has 0 atom stereocenters. The summed E-state index contributed by atoms with van der Waals surface area (Å²) >= 11 is 5.70. The fraction of sp³-hybridized carbons (Fsp3) is 0.167. The van der Waals surface area contributed by atoms with Gasteiger partial charge >= 0.3 is 6.36 Å². The Labute approximate surface area is 112 Å². The molecule has 0 aliphatic carbocycles. The van der Waals surface area contributed by atoms with Gasteiger partial charge in [-0.2, -0.15) is 0 Å². The first kappa shape index (κ1) is 13.6. The molecule has 3 nitrogen and oxygen atoms in total. The van der Waals surface area contributed by atoms with E-state index in [-0.39, 0.29) is 5.15 Å². The summed E-state index contributed by atoms with van der Waals surface area (Å²) in [5.74, 6) is -0.599. The van der Waals surface area contributed by atoms with Gasteiger partial charge in [0.15, 0.2) is 0 Å². The number of aromatic nitrogens is 2. The second-order valence-corrected chi connectivity index (χ2v) is 4.14. The van der Waals surface area contributed by atoms with Crippen LogP contribution in [-0.4, -0.2) is 16.3 Å². The van der Waals surface area contributed by atoms with Crippen LogP contribution in [0.25, 0.3) is 11.1 Å². The number of hydrogen-bond donors (Lipinski definition) is 0. The van der Waals surface area contributed by atoms with Crippen LogP contribution in [0.1, 0.15) is 5.56 Å². The molecule has 0 aromatic carbocycles. The van der Waals surface area contributed by atoms with E-state index in [0.717, 1.165) is 5.56 Å². The van der Waals surface area contributed by atoms with E-state index in [1.54, 1.807) is 18.5 Å². The Hall–Kier alpha value is -1.82. The van der Waals surface area contributed by atoms with Crippen molar-refractivity contribution in [1.29, 1.82) is 0 Å². The zero-order valence-corrected chi connectivity index (χ0v) is 10.5. The number of alkyl halides is 3. The number of hydrogen-bond acceptors (Lipinski definition) is 3. The van der Waals surface area contributed by atoms with E-state index < -0.39 is 12.2 Å². The highest BCUT2D eigenvalue weighted by atomic mass is 35.5. The fourth-order valence-electron chi connectivity index (χ4n) is 1.57. The van der Waals surface area contributed by atoms with E-state index in [4.69, 9.17) is 11.6 Å². The maximum Gasteiger partial charge on any atom is 0.574 e. The molecule has 0 fully saturated rings. The second kappa shape index (κ2) is 5.05. The molecule has 2 heterocycles. The molecule has 0 aliphatic rings. The van der Waals surface area contributed by atoms with E-state index in [9.17, 15) is 13.2 Å². The summed E-state index contributed by atoms with van der Waals surface area (Å²) in [6.45, 7) is 1.82. The first-order valence-corrected chi connectivity index (χ1v) is 5.57. The van der Waals surface area contributed by atoms with E-state index in [1.165, 1.54) is 12.1 Å². The minimum Gasteiger partial charge on any atom is -0.388 e. The number of nitrogens with zero attached hydrogens (tertiary/aromatic N) is 2. The minimum absolute atomic E-state index is 0.0833. The molecule has 7 heteroatoms. The summed E-state index contributed by atoms with van der Waals surface area (Å²) in [5, 5.41) is -0.0833. The smallest absolute Gasteiger partial charge is 0.388 e. The molecular weight excluding hydrogens is 281 g/mol. The number of aryl methyl sites for hydroxylation is 1. The maximum absolute atomic E-state index is 12.2. The van der Waals surface area contributed by atoms with E-state index >= 15 is 0 Å². The van der Waals surface area contributed by atoms with Crippen LogP contribution in [0.4, 0.5) is 13.2 Å². The molecule has 19 heavy (non-hydrogen) atoms. The second-order valence-electron chi connectivity index (χ2n) is 3.76. The number of pyridine rings is 2. The first-order chi connectivity index (χ1) is 8.85. The van der Waals surface area contributed by atoms with Gasteiger partial charge in [0.1, 0.15) is 5.15 Å². The summed E-state index contributed by atoms with van der Waals surface area (Å²) in [7, 11) is 0. The third-order valence-electron chi connectivity index (χ3n) is 2.34. The summed E-state index contributed by atoms with van der Waals surface area (Å²) in [5.41, 5.74) is 1.99. The molecule has 0 N–H and O–H groups in total. The predicted octanol–water partition coefficient (Wildman–Crippen LogP) is 4.00. The number of rotatable bonds is 2. The standard InChI is InChI=1S/C12H8ClF3N2O/c1-7-2-3-17-6-9(7)8-4-10(13)18-11(5-8)19-12(14,15)16/h2-6H,1H3. The highest BCUT2D eigenvalue weighted by Crippen LogP contribution is 2.30. The van der Waals surface area contributed by atoms with Gasteiger partial charge in [0.2, 0.25) is 5.88 Å². The largest absolute Gasteiger partial charge is 0.574 e. The van der Waals surface area contributed by atoms with Gasteiger partial charge in [-0.15, -0.1) is 13.2 Å². The molecule has 2 aromatic rings. The van der Waals surface area contributed by atoms with E-state index in [1.807, 2.05) is 6.92 Å². The quantitative estimate of drug-likeness (QED) is 0.783. The van der Waals surface area contributed by atoms with Gasteiger partial charge in [0, 0.05) is 24.0 Å². The molecule has 100 valence electrons. The predicted molar refractivity (Wildman–Crippen MR) is 63.9 cm³/mol. The van der Waals surface area contributed by atoms with Crippen molar-refractivity contribution in [3.63, 3.8) is 0 Å². The van der Waals surface area contributed by atoms with Gasteiger partial charge in [-0.25, -0.2) is 4.98 Å². The highest BCUT2D eigenvalue weighted by molar-refractivity contribution is 6.29. The molecule has 0 saturated heterocycles. The van der Waals surface area contributed by atoms with Crippen molar-refractivity contribution in [3.8, 4) is 17.0 Å². The zero-order valence-electron chi connectivity index (χ0n) is 9.70.